The summed E-state index contributed by atoms with van der Waals surface area (Å²) >= 11 is 7.69. The van der Waals surface area contributed by atoms with Crippen molar-refractivity contribution in [1.82, 2.24) is 14.9 Å². The topological polar surface area (TPSA) is 38.2 Å². The minimum Gasteiger partial charge on any atom is -0.383 e. The second-order valence-electron chi connectivity index (χ2n) is 3.80. The summed E-state index contributed by atoms with van der Waals surface area (Å²) < 4.78 is 5.03. The van der Waals surface area contributed by atoms with Gasteiger partial charge in [0.2, 0.25) is 0 Å². The van der Waals surface area contributed by atoms with Gasteiger partial charge >= 0.3 is 0 Å². The van der Waals surface area contributed by atoms with Crippen molar-refractivity contribution in [3.8, 4) is 0 Å². The molecule has 2 aromatic rings. The van der Waals surface area contributed by atoms with Crippen molar-refractivity contribution < 1.29 is 4.74 Å². The highest BCUT2D eigenvalue weighted by atomic mass is 35.5. The van der Waals surface area contributed by atoms with E-state index in [2.05, 4.69) is 14.9 Å². The molecule has 0 unspecified atom stereocenters. The van der Waals surface area contributed by atoms with Gasteiger partial charge in [-0.3, -0.25) is 4.90 Å². The van der Waals surface area contributed by atoms with Crippen LogP contribution in [0.15, 0.2) is 11.4 Å². The highest BCUT2D eigenvalue weighted by Gasteiger charge is 2.08. The molecule has 0 spiro atoms. The van der Waals surface area contributed by atoms with E-state index in [1.807, 2.05) is 18.5 Å². The number of likely N-dealkylation sites (N-methyl/N-ethyl adjacent to an activating group) is 1. The fourth-order valence-electron chi connectivity index (χ4n) is 1.50. The molecule has 0 amide bonds. The summed E-state index contributed by atoms with van der Waals surface area (Å²) in [5, 5.41) is 3.44. The monoisotopic (exact) mass is 271 g/mol. The van der Waals surface area contributed by atoms with Crippen molar-refractivity contribution in [1.29, 1.82) is 0 Å². The molecule has 0 N–H and O–H groups in total. The van der Waals surface area contributed by atoms with E-state index in [1.54, 1.807) is 18.4 Å². The predicted molar refractivity (Wildman–Crippen MR) is 70.6 cm³/mol. The van der Waals surface area contributed by atoms with Gasteiger partial charge in [-0.2, -0.15) is 0 Å². The van der Waals surface area contributed by atoms with Crippen LogP contribution in [0.25, 0.3) is 10.2 Å². The highest BCUT2D eigenvalue weighted by molar-refractivity contribution is 7.16. The molecule has 0 fully saturated rings. The number of hydrogen-bond acceptors (Lipinski definition) is 5. The van der Waals surface area contributed by atoms with Gasteiger partial charge in [0.1, 0.15) is 15.8 Å². The maximum atomic E-state index is 6.10. The lowest BCUT2D eigenvalue weighted by molar-refractivity contribution is 0.157. The van der Waals surface area contributed by atoms with Crippen LogP contribution < -0.4 is 0 Å². The minimum atomic E-state index is 0.534. The quantitative estimate of drug-likeness (QED) is 0.783. The summed E-state index contributed by atoms with van der Waals surface area (Å²) in [6, 6.07) is 1.95. The van der Waals surface area contributed by atoms with Crippen LogP contribution in [0, 0.1) is 0 Å². The Bertz CT molecular complexity index is 502. The Balaban J connectivity index is 2.13. The first kappa shape index (κ1) is 12.7. The van der Waals surface area contributed by atoms with Crippen LogP contribution in [0.2, 0.25) is 5.15 Å². The Morgan fingerprint density at radius 1 is 1.47 bits per heavy atom. The van der Waals surface area contributed by atoms with Gasteiger partial charge in [0.15, 0.2) is 0 Å². The Labute approximate surface area is 109 Å². The maximum absolute atomic E-state index is 6.10. The van der Waals surface area contributed by atoms with Crippen molar-refractivity contribution in [2.75, 3.05) is 27.3 Å². The van der Waals surface area contributed by atoms with E-state index in [0.29, 0.717) is 18.3 Å². The largest absolute Gasteiger partial charge is 0.383 e. The van der Waals surface area contributed by atoms with Crippen LogP contribution >= 0.6 is 22.9 Å². The standard InChI is InChI=1S/C11H14ClN3OS/c1-15(4-5-16-2)7-9-13-10(12)8-3-6-17-11(8)14-9/h3,6H,4-5,7H2,1-2H3. The van der Waals surface area contributed by atoms with Crippen LogP contribution in [0.3, 0.4) is 0 Å². The molecule has 4 nitrogen and oxygen atoms in total. The van der Waals surface area contributed by atoms with E-state index in [4.69, 9.17) is 16.3 Å². The van der Waals surface area contributed by atoms with Gasteiger partial charge in [-0.05, 0) is 18.5 Å². The number of hydrogen-bond donors (Lipinski definition) is 0. The Morgan fingerprint density at radius 3 is 3.06 bits per heavy atom. The molecule has 2 rings (SSSR count). The van der Waals surface area contributed by atoms with Gasteiger partial charge in [0, 0.05) is 19.0 Å². The van der Waals surface area contributed by atoms with Crippen LogP contribution in [-0.4, -0.2) is 42.2 Å². The number of rotatable bonds is 5. The van der Waals surface area contributed by atoms with Crippen LogP contribution in [0.1, 0.15) is 5.82 Å². The van der Waals surface area contributed by atoms with Gasteiger partial charge in [-0.15, -0.1) is 11.3 Å². The zero-order valence-electron chi connectivity index (χ0n) is 9.81. The minimum absolute atomic E-state index is 0.534. The number of aromatic nitrogens is 2. The fraction of sp³-hybridized carbons (Fsp3) is 0.455. The molecule has 0 atom stereocenters. The summed E-state index contributed by atoms with van der Waals surface area (Å²) in [7, 11) is 3.70. The maximum Gasteiger partial charge on any atom is 0.145 e. The van der Waals surface area contributed by atoms with Gasteiger partial charge in [0.05, 0.1) is 13.2 Å². The SMILES string of the molecule is COCCN(C)Cc1nc(Cl)c2ccsc2n1. The number of ether oxygens (including phenoxy) is 1. The lowest BCUT2D eigenvalue weighted by atomic mass is 10.4. The van der Waals surface area contributed by atoms with Crippen LogP contribution in [0.5, 0.6) is 0 Å². The summed E-state index contributed by atoms with van der Waals surface area (Å²) in [5.74, 6) is 0.753. The average Bonchev–Trinajstić information content (AvgIpc) is 2.75. The lowest BCUT2D eigenvalue weighted by Crippen LogP contribution is -2.23. The molecular weight excluding hydrogens is 258 g/mol. The Hall–Kier alpha value is -0.750. The van der Waals surface area contributed by atoms with Gasteiger partial charge in [0.25, 0.3) is 0 Å². The van der Waals surface area contributed by atoms with E-state index in [-0.39, 0.29) is 0 Å². The third-order valence-electron chi connectivity index (χ3n) is 2.41. The van der Waals surface area contributed by atoms with Crippen molar-refractivity contribution in [2.24, 2.45) is 0 Å². The molecule has 0 aromatic carbocycles. The number of fused-ring (bicyclic) bond motifs is 1. The van der Waals surface area contributed by atoms with E-state index in [9.17, 15) is 0 Å². The highest BCUT2D eigenvalue weighted by Crippen LogP contribution is 2.24. The normalized spacial score (nSPS) is 11.5. The van der Waals surface area contributed by atoms with Crippen molar-refractivity contribution >= 4 is 33.2 Å². The predicted octanol–water partition coefficient (Wildman–Crippen LogP) is 2.42. The average molecular weight is 272 g/mol. The summed E-state index contributed by atoms with van der Waals surface area (Å²) in [4.78, 5) is 11.8. The van der Waals surface area contributed by atoms with E-state index in [1.165, 1.54) is 0 Å². The lowest BCUT2D eigenvalue weighted by Gasteiger charge is -2.14. The van der Waals surface area contributed by atoms with E-state index < -0.39 is 0 Å². The molecule has 0 aliphatic heterocycles. The number of methoxy groups -OCH3 is 1. The number of thiophene rings is 1. The molecule has 6 heteroatoms. The molecule has 0 bridgehead atoms. The summed E-state index contributed by atoms with van der Waals surface area (Å²) in [5.41, 5.74) is 0. The first-order chi connectivity index (χ1) is 8.20. The molecule has 0 radical (unpaired) electrons. The van der Waals surface area contributed by atoms with Gasteiger partial charge in [-0.25, -0.2) is 9.97 Å². The third-order valence-corrected chi connectivity index (χ3v) is 3.51. The van der Waals surface area contributed by atoms with E-state index in [0.717, 1.165) is 22.6 Å². The first-order valence-corrected chi connectivity index (χ1v) is 6.53. The van der Waals surface area contributed by atoms with Crippen molar-refractivity contribution in [2.45, 2.75) is 6.54 Å². The smallest absolute Gasteiger partial charge is 0.145 e. The van der Waals surface area contributed by atoms with Gasteiger partial charge < -0.3 is 4.74 Å². The molecule has 2 heterocycles. The van der Waals surface area contributed by atoms with Crippen molar-refractivity contribution in [3.63, 3.8) is 0 Å². The van der Waals surface area contributed by atoms with Crippen LogP contribution in [-0.2, 0) is 11.3 Å². The summed E-state index contributed by atoms with van der Waals surface area (Å²) in [6.07, 6.45) is 0. The first-order valence-electron chi connectivity index (χ1n) is 5.28. The molecule has 0 saturated heterocycles. The molecule has 0 saturated carbocycles. The molecule has 2 aromatic heterocycles. The van der Waals surface area contributed by atoms with Gasteiger partial charge in [-0.1, -0.05) is 11.6 Å². The fourth-order valence-corrected chi connectivity index (χ4v) is 2.59. The molecular formula is C11H14ClN3OS. The molecule has 0 aliphatic carbocycles. The molecule has 17 heavy (non-hydrogen) atoms. The summed E-state index contributed by atoms with van der Waals surface area (Å²) in [6.45, 7) is 2.22. The second-order valence-corrected chi connectivity index (χ2v) is 5.05. The third kappa shape index (κ3) is 3.13. The zero-order chi connectivity index (χ0) is 12.3. The van der Waals surface area contributed by atoms with E-state index >= 15 is 0 Å². The molecule has 92 valence electrons. The molecule has 0 aliphatic rings. The second kappa shape index (κ2) is 5.73. The number of nitrogens with zero attached hydrogens (tertiary/aromatic N) is 3. The van der Waals surface area contributed by atoms with Crippen molar-refractivity contribution in [3.05, 3.63) is 22.4 Å². The Kier molecular flexibility index (Phi) is 4.28. The Morgan fingerprint density at radius 2 is 2.29 bits per heavy atom. The van der Waals surface area contributed by atoms with Crippen LogP contribution in [0.4, 0.5) is 0 Å². The zero-order valence-corrected chi connectivity index (χ0v) is 11.4. The number of halogens is 1.